The Hall–Kier alpha value is -2.77. The lowest BCUT2D eigenvalue weighted by Crippen LogP contribution is -2.41. The number of rotatable bonds is 7. The van der Waals surface area contributed by atoms with Crippen LogP contribution in [0.1, 0.15) is 10.4 Å². The molecule has 8 heteroatoms. The van der Waals surface area contributed by atoms with Crippen molar-refractivity contribution in [1.82, 2.24) is 4.90 Å². The molecule has 0 aliphatic heterocycles. The number of ether oxygens (including phenoxy) is 2. The maximum absolute atomic E-state index is 12.5. The van der Waals surface area contributed by atoms with Crippen LogP contribution in [-0.2, 0) is 9.59 Å². The van der Waals surface area contributed by atoms with Crippen molar-refractivity contribution < 1.29 is 29.0 Å². The second-order valence-electron chi connectivity index (χ2n) is 4.06. The second kappa shape index (κ2) is 7.13. The summed E-state index contributed by atoms with van der Waals surface area (Å²) in [6, 6.07) is 4.67. The third-order valence-electron chi connectivity index (χ3n) is 2.60. The molecule has 0 bridgehead atoms. The van der Waals surface area contributed by atoms with E-state index in [0.717, 1.165) is 4.90 Å². The molecule has 0 saturated carbocycles. The Balaban J connectivity index is 3.24. The summed E-state index contributed by atoms with van der Waals surface area (Å²) in [4.78, 5) is 35.1. The van der Waals surface area contributed by atoms with Gasteiger partial charge in [-0.05, 0) is 12.1 Å². The lowest BCUT2D eigenvalue weighted by Gasteiger charge is -2.21. The largest absolute Gasteiger partial charge is 0.496 e. The monoisotopic (exact) mass is 296 g/mol. The minimum atomic E-state index is -1.27. The summed E-state index contributed by atoms with van der Waals surface area (Å²) in [5, 5.41) is 8.84. The third-order valence-corrected chi connectivity index (χ3v) is 2.60. The first-order chi connectivity index (χ1) is 9.90. The summed E-state index contributed by atoms with van der Waals surface area (Å²) in [5.41, 5.74) is 5.07. The molecule has 0 aromatic heterocycles. The maximum Gasteiger partial charge on any atom is 0.323 e. The molecule has 0 atom stereocenters. The fourth-order valence-corrected chi connectivity index (χ4v) is 1.77. The van der Waals surface area contributed by atoms with Crippen LogP contribution in [-0.4, -0.2) is 55.1 Å². The van der Waals surface area contributed by atoms with Gasteiger partial charge in [-0.2, -0.15) is 0 Å². The third kappa shape index (κ3) is 4.10. The Bertz CT molecular complexity index is 519. The molecule has 0 aliphatic carbocycles. The quantitative estimate of drug-likeness (QED) is 0.714. The molecule has 0 aliphatic rings. The van der Waals surface area contributed by atoms with Crippen LogP contribution < -0.4 is 15.2 Å². The number of carbonyl (C=O) groups is 3. The van der Waals surface area contributed by atoms with Crippen molar-refractivity contribution in [3.8, 4) is 11.5 Å². The highest BCUT2D eigenvalue weighted by Crippen LogP contribution is 2.29. The topological polar surface area (TPSA) is 119 Å². The number of nitrogens with two attached hydrogens (primary N) is 1. The zero-order valence-corrected chi connectivity index (χ0v) is 11.7. The Kier molecular flexibility index (Phi) is 5.53. The standard InChI is InChI=1S/C13H16N2O6/c1-20-8-4-3-5-9(21-2)12(8)13(19)15(6-10(14)16)7-11(17)18/h3-5H,6-7H2,1-2H3,(H2,14,16)(H,17,18). The van der Waals surface area contributed by atoms with Crippen molar-refractivity contribution in [2.75, 3.05) is 27.3 Å². The first kappa shape index (κ1) is 16.3. The van der Waals surface area contributed by atoms with Gasteiger partial charge in [-0.15, -0.1) is 0 Å². The molecular weight excluding hydrogens is 280 g/mol. The summed E-state index contributed by atoms with van der Waals surface area (Å²) in [7, 11) is 2.72. The highest BCUT2D eigenvalue weighted by Gasteiger charge is 2.26. The molecule has 0 radical (unpaired) electrons. The molecular formula is C13H16N2O6. The lowest BCUT2D eigenvalue weighted by atomic mass is 10.1. The van der Waals surface area contributed by atoms with Crippen LogP contribution in [0.3, 0.4) is 0 Å². The van der Waals surface area contributed by atoms with Crippen LogP contribution in [0, 0.1) is 0 Å². The van der Waals surface area contributed by atoms with E-state index >= 15 is 0 Å². The van der Waals surface area contributed by atoms with Gasteiger partial charge in [0.25, 0.3) is 5.91 Å². The number of hydrogen-bond donors (Lipinski definition) is 2. The van der Waals surface area contributed by atoms with Crippen LogP contribution in [0.5, 0.6) is 11.5 Å². The molecule has 2 amide bonds. The average Bonchev–Trinajstić information content (AvgIpc) is 2.43. The first-order valence-corrected chi connectivity index (χ1v) is 5.91. The Labute approximate surface area is 121 Å². The number of methoxy groups -OCH3 is 2. The van der Waals surface area contributed by atoms with Crippen LogP contribution in [0.15, 0.2) is 18.2 Å². The van der Waals surface area contributed by atoms with Crippen LogP contribution >= 0.6 is 0 Å². The summed E-state index contributed by atoms with van der Waals surface area (Å²) in [6.45, 7) is -1.19. The summed E-state index contributed by atoms with van der Waals surface area (Å²) >= 11 is 0. The Morgan fingerprint density at radius 2 is 1.67 bits per heavy atom. The van der Waals surface area contributed by atoms with Crippen molar-refractivity contribution in [3.63, 3.8) is 0 Å². The molecule has 0 unspecified atom stereocenters. The van der Waals surface area contributed by atoms with Gasteiger partial charge in [0.2, 0.25) is 5.91 Å². The normalized spacial score (nSPS) is 9.81. The molecule has 0 spiro atoms. The predicted molar refractivity (Wildman–Crippen MR) is 72.3 cm³/mol. The van der Waals surface area contributed by atoms with Gasteiger partial charge in [0.05, 0.1) is 14.2 Å². The summed E-state index contributed by atoms with van der Waals surface area (Å²) in [5.74, 6) is -2.39. The molecule has 8 nitrogen and oxygen atoms in total. The van der Waals surface area contributed by atoms with Crippen molar-refractivity contribution in [2.45, 2.75) is 0 Å². The van der Waals surface area contributed by atoms with Gasteiger partial charge in [-0.3, -0.25) is 14.4 Å². The van der Waals surface area contributed by atoms with Crippen molar-refractivity contribution in [1.29, 1.82) is 0 Å². The van der Waals surface area contributed by atoms with E-state index in [1.165, 1.54) is 26.4 Å². The van der Waals surface area contributed by atoms with Crippen LogP contribution in [0.4, 0.5) is 0 Å². The number of benzene rings is 1. The van der Waals surface area contributed by atoms with Gasteiger partial charge in [-0.25, -0.2) is 0 Å². The summed E-state index contributed by atoms with van der Waals surface area (Å²) in [6.07, 6.45) is 0. The van der Waals surface area contributed by atoms with Gasteiger partial charge in [-0.1, -0.05) is 6.07 Å². The van der Waals surface area contributed by atoms with Gasteiger partial charge in [0.1, 0.15) is 30.2 Å². The number of carbonyl (C=O) groups excluding carboxylic acids is 2. The maximum atomic E-state index is 12.5. The second-order valence-corrected chi connectivity index (χ2v) is 4.06. The fourth-order valence-electron chi connectivity index (χ4n) is 1.77. The Morgan fingerprint density at radius 1 is 1.14 bits per heavy atom. The van der Waals surface area contributed by atoms with Crippen molar-refractivity contribution >= 4 is 17.8 Å². The molecule has 1 aromatic rings. The first-order valence-electron chi connectivity index (χ1n) is 5.91. The van der Waals surface area contributed by atoms with Gasteiger partial charge in [0.15, 0.2) is 0 Å². The average molecular weight is 296 g/mol. The number of carboxylic acid groups (broad SMARTS) is 1. The van der Waals surface area contributed by atoms with Gasteiger partial charge < -0.3 is 25.2 Å². The van der Waals surface area contributed by atoms with Gasteiger partial charge >= 0.3 is 5.97 Å². The zero-order valence-electron chi connectivity index (χ0n) is 11.7. The molecule has 1 rings (SSSR count). The van der Waals surface area contributed by atoms with Crippen LogP contribution in [0.2, 0.25) is 0 Å². The van der Waals surface area contributed by atoms with Crippen LogP contribution in [0.25, 0.3) is 0 Å². The Morgan fingerprint density at radius 3 is 2.05 bits per heavy atom. The van der Waals surface area contributed by atoms with Gasteiger partial charge in [0, 0.05) is 0 Å². The smallest absolute Gasteiger partial charge is 0.323 e. The van der Waals surface area contributed by atoms with E-state index in [2.05, 4.69) is 0 Å². The minimum Gasteiger partial charge on any atom is -0.496 e. The van der Waals surface area contributed by atoms with E-state index < -0.39 is 30.9 Å². The molecule has 114 valence electrons. The molecule has 21 heavy (non-hydrogen) atoms. The number of amides is 2. The highest BCUT2D eigenvalue weighted by molar-refractivity contribution is 6.02. The summed E-state index contributed by atoms with van der Waals surface area (Å²) < 4.78 is 10.2. The lowest BCUT2D eigenvalue weighted by molar-refractivity contribution is -0.138. The number of hydrogen-bond acceptors (Lipinski definition) is 5. The highest BCUT2D eigenvalue weighted by atomic mass is 16.5. The van der Waals surface area contributed by atoms with E-state index in [0.29, 0.717) is 0 Å². The number of carboxylic acids is 1. The van der Waals surface area contributed by atoms with E-state index in [9.17, 15) is 14.4 Å². The molecule has 3 N–H and O–H groups in total. The molecule has 0 saturated heterocycles. The van der Waals surface area contributed by atoms with E-state index in [-0.39, 0.29) is 17.1 Å². The minimum absolute atomic E-state index is 0.0324. The SMILES string of the molecule is COc1cccc(OC)c1C(=O)N(CC(N)=O)CC(=O)O. The number of nitrogens with zero attached hydrogens (tertiary/aromatic N) is 1. The van der Waals surface area contributed by atoms with Crippen molar-refractivity contribution in [2.24, 2.45) is 5.73 Å². The van der Waals surface area contributed by atoms with E-state index in [1.807, 2.05) is 0 Å². The fraction of sp³-hybridized carbons (Fsp3) is 0.308. The molecule has 0 fully saturated rings. The number of primary amides is 1. The molecule has 1 aromatic carbocycles. The van der Waals surface area contributed by atoms with Crippen molar-refractivity contribution in [3.05, 3.63) is 23.8 Å². The van der Waals surface area contributed by atoms with E-state index in [4.69, 9.17) is 20.3 Å². The molecule has 0 heterocycles. The predicted octanol–water partition coefficient (Wildman–Crippen LogP) is -0.284. The van der Waals surface area contributed by atoms with E-state index in [1.54, 1.807) is 6.07 Å². The zero-order chi connectivity index (χ0) is 16.0. The number of aliphatic carboxylic acids is 1.